The van der Waals surface area contributed by atoms with Gasteiger partial charge < -0.3 is 15.5 Å². The van der Waals surface area contributed by atoms with Gasteiger partial charge in [-0.05, 0) is 62.1 Å². The molecule has 1 fully saturated rings. The minimum Gasteiger partial charge on any atom is -0.349 e. The molecule has 6 nitrogen and oxygen atoms in total. The molecule has 0 radical (unpaired) electrons. The highest BCUT2D eigenvalue weighted by atomic mass is 16.2. The smallest absolute Gasteiger partial charge is 0.321 e. The van der Waals surface area contributed by atoms with Crippen LogP contribution in [0.4, 0.5) is 10.5 Å². The Balaban J connectivity index is 1.38. The first-order chi connectivity index (χ1) is 16.4. The number of hydrogen-bond acceptors (Lipinski definition) is 3. The van der Waals surface area contributed by atoms with Crippen LogP contribution in [0, 0.1) is 13.8 Å². The summed E-state index contributed by atoms with van der Waals surface area (Å²) in [4.78, 5) is 40.5. The van der Waals surface area contributed by atoms with Crippen LogP contribution in [0.5, 0.6) is 0 Å². The molecule has 1 saturated heterocycles. The Bertz CT molecular complexity index is 1200. The number of nitrogens with one attached hydrogen (secondary N) is 2. The third-order valence-corrected chi connectivity index (χ3v) is 6.33. The maximum Gasteiger partial charge on any atom is 0.321 e. The van der Waals surface area contributed by atoms with E-state index >= 15 is 0 Å². The van der Waals surface area contributed by atoms with Crippen LogP contribution in [0.25, 0.3) is 0 Å². The highest BCUT2D eigenvalue weighted by Gasteiger charge is 2.26. The summed E-state index contributed by atoms with van der Waals surface area (Å²) >= 11 is 0. The largest absolute Gasteiger partial charge is 0.349 e. The van der Waals surface area contributed by atoms with Gasteiger partial charge in [-0.25, -0.2) is 4.79 Å². The summed E-state index contributed by atoms with van der Waals surface area (Å²) in [6, 6.07) is 21.7. The number of aryl methyl sites for hydroxylation is 2. The van der Waals surface area contributed by atoms with Gasteiger partial charge in [-0.3, -0.25) is 9.59 Å². The molecular formula is C28H29N3O3. The second-order valence-electron chi connectivity index (χ2n) is 8.70. The van der Waals surface area contributed by atoms with Gasteiger partial charge in [0.1, 0.15) is 0 Å². The first-order valence-corrected chi connectivity index (χ1v) is 11.5. The zero-order valence-corrected chi connectivity index (χ0v) is 19.5. The topological polar surface area (TPSA) is 78.5 Å². The summed E-state index contributed by atoms with van der Waals surface area (Å²) in [5, 5.41) is 5.96. The van der Waals surface area contributed by atoms with Gasteiger partial charge in [-0.1, -0.05) is 48.5 Å². The van der Waals surface area contributed by atoms with E-state index in [1.807, 2.05) is 56.3 Å². The van der Waals surface area contributed by atoms with Crippen molar-refractivity contribution in [1.82, 2.24) is 10.2 Å². The van der Waals surface area contributed by atoms with Crippen molar-refractivity contribution in [2.75, 3.05) is 18.4 Å². The number of likely N-dealkylation sites (tertiary alicyclic amines) is 1. The summed E-state index contributed by atoms with van der Waals surface area (Å²) in [6.07, 6.45) is 1.31. The van der Waals surface area contributed by atoms with E-state index in [2.05, 4.69) is 10.6 Å². The number of hydrogen-bond donors (Lipinski definition) is 2. The van der Waals surface area contributed by atoms with Gasteiger partial charge in [0, 0.05) is 35.9 Å². The zero-order chi connectivity index (χ0) is 24.1. The van der Waals surface area contributed by atoms with Crippen molar-refractivity contribution in [3.63, 3.8) is 0 Å². The van der Waals surface area contributed by atoms with Crippen LogP contribution >= 0.6 is 0 Å². The molecule has 6 heteroatoms. The molecule has 1 aliphatic rings. The second-order valence-corrected chi connectivity index (χ2v) is 8.70. The average Bonchev–Trinajstić information content (AvgIpc) is 2.86. The molecule has 3 amide bonds. The summed E-state index contributed by atoms with van der Waals surface area (Å²) in [6.45, 7) is 5.07. The standard InChI is InChI=1S/C28H29N3O3/c1-19-12-13-21(18-20(19)2)26(32)24-10-6-7-11-25(24)27(33)29-23-14-16-31(17-15-23)28(34)30-22-8-4-3-5-9-22/h3-13,18,23H,14-17H2,1-2H3,(H,29,33)(H,30,34). The molecule has 0 unspecified atom stereocenters. The van der Waals surface area contributed by atoms with Crippen LogP contribution in [0.3, 0.4) is 0 Å². The first kappa shape index (κ1) is 23.2. The molecule has 4 rings (SSSR count). The molecular weight excluding hydrogens is 426 g/mol. The average molecular weight is 456 g/mol. The van der Waals surface area contributed by atoms with E-state index in [0.29, 0.717) is 42.6 Å². The molecule has 34 heavy (non-hydrogen) atoms. The number of amides is 3. The molecule has 2 N–H and O–H groups in total. The number of nitrogens with zero attached hydrogens (tertiary/aromatic N) is 1. The first-order valence-electron chi connectivity index (χ1n) is 11.5. The van der Waals surface area contributed by atoms with E-state index in [1.54, 1.807) is 35.2 Å². The van der Waals surface area contributed by atoms with Gasteiger partial charge in [0.05, 0.1) is 5.56 Å². The van der Waals surface area contributed by atoms with E-state index in [4.69, 9.17) is 0 Å². The third kappa shape index (κ3) is 5.34. The fourth-order valence-corrected chi connectivity index (χ4v) is 4.13. The lowest BCUT2D eigenvalue weighted by atomic mass is 9.95. The van der Waals surface area contributed by atoms with Crippen LogP contribution in [0.15, 0.2) is 72.8 Å². The quantitative estimate of drug-likeness (QED) is 0.534. The normalized spacial score (nSPS) is 13.9. The number of carbonyl (C=O) groups is 3. The Morgan fingerprint density at radius 2 is 1.44 bits per heavy atom. The number of urea groups is 1. The summed E-state index contributed by atoms with van der Waals surface area (Å²) in [5.41, 5.74) is 4.24. The molecule has 0 aliphatic carbocycles. The van der Waals surface area contributed by atoms with E-state index in [0.717, 1.165) is 16.8 Å². The maximum atomic E-state index is 13.2. The van der Waals surface area contributed by atoms with Gasteiger partial charge in [0.2, 0.25) is 0 Å². The number of benzene rings is 3. The van der Waals surface area contributed by atoms with Crippen molar-refractivity contribution in [2.24, 2.45) is 0 Å². The van der Waals surface area contributed by atoms with E-state index in [-0.39, 0.29) is 23.8 Å². The predicted octanol–water partition coefficient (Wildman–Crippen LogP) is 4.96. The molecule has 1 aliphatic heterocycles. The predicted molar refractivity (Wildman–Crippen MR) is 133 cm³/mol. The Morgan fingerprint density at radius 1 is 0.794 bits per heavy atom. The number of piperidine rings is 1. The number of anilines is 1. The fourth-order valence-electron chi connectivity index (χ4n) is 4.13. The van der Waals surface area contributed by atoms with Gasteiger partial charge in [0.15, 0.2) is 5.78 Å². The van der Waals surface area contributed by atoms with Crippen LogP contribution in [-0.2, 0) is 0 Å². The number of ketones is 1. The minimum absolute atomic E-state index is 0.0574. The van der Waals surface area contributed by atoms with Crippen molar-refractivity contribution in [1.29, 1.82) is 0 Å². The number of carbonyl (C=O) groups excluding carboxylic acids is 3. The molecule has 0 spiro atoms. The zero-order valence-electron chi connectivity index (χ0n) is 19.5. The van der Waals surface area contributed by atoms with Crippen LogP contribution in [-0.4, -0.2) is 41.8 Å². The molecule has 174 valence electrons. The molecule has 0 saturated carbocycles. The van der Waals surface area contributed by atoms with Crippen molar-refractivity contribution in [3.05, 3.63) is 101 Å². The number of rotatable bonds is 5. The van der Waals surface area contributed by atoms with E-state index < -0.39 is 0 Å². The monoisotopic (exact) mass is 455 g/mol. The van der Waals surface area contributed by atoms with Crippen molar-refractivity contribution >= 4 is 23.4 Å². The minimum atomic E-state index is -0.264. The fraction of sp³-hybridized carbons (Fsp3) is 0.250. The van der Waals surface area contributed by atoms with E-state index in [1.165, 1.54) is 0 Å². The molecule has 0 bridgehead atoms. The van der Waals surface area contributed by atoms with Gasteiger partial charge in [0.25, 0.3) is 5.91 Å². The van der Waals surface area contributed by atoms with Crippen LogP contribution < -0.4 is 10.6 Å². The van der Waals surface area contributed by atoms with Gasteiger partial charge in [-0.2, -0.15) is 0 Å². The lowest BCUT2D eigenvalue weighted by molar-refractivity contribution is 0.0910. The Morgan fingerprint density at radius 3 is 2.12 bits per heavy atom. The van der Waals surface area contributed by atoms with E-state index in [9.17, 15) is 14.4 Å². The highest BCUT2D eigenvalue weighted by Crippen LogP contribution is 2.19. The number of para-hydroxylation sites is 1. The van der Waals surface area contributed by atoms with Gasteiger partial charge >= 0.3 is 6.03 Å². The van der Waals surface area contributed by atoms with Crippen molar-refractivity contribution < 1.29 is 14.4 Å². The third-order valence-electron chi connectivity index (χ3n) is 6.33. The Hall–Kier alpha value is -3.93. The van der Waals surface area contributed by atoms with Crippen LogP contribution in [0.1, 0.15) is 50.2 Å². The maximum absolute atomic E-state index is 13.2. The molecule has 3 aromatic carbocycles. The molecule has 0 aromatic heterocycles. The summed E-state index contributed by atoms with van der Waals surface area (Å²) < 4.78 is 0. The lowest BCUT2D eigenvalue weighted by Crippen LogP contribution is -2.47. The molecule has 3 aromatic rings. The highest BCUT2D eigenvalue weighted by molar-refractivity contribution is 6.15. The second kappa shape index (κ2) is 10.3. The summed E-state index contributed by atoms with van der Waals surface area (Å²) in [5.74, 6) is -0.429. The SMILES string of the molecule is Cc1ccc(C(=O)c2ccccc2C(=O)NC2CCN(C(=O)Nc3ccccc3)CC2)cc1C. The van der Waals surface area contributed by atoms with Crippen molar-refractivity contribution in [2.45, 2.75) is 32.7 Å². The summed E-state index contributed by atoms with van der Waals surface area (Å²) in [7, 11) is 0. The van der Waals surface area contributed by atoms with Gasteiger partial charge in [-0.15, -0.1) is 0 Å². The molecule has 0 atom stereocenters. The van der Waals surface area contributed by atoms with Crippen molar-refractivity contribution in [3.8, 4) is 0 Å². The lowest BCUT2D eigenvalue weighted by Gasteiger charge is -2.32. The Labute approximate surface area is 200 Å². The van der Waals surface area contributed by atoms with Crippen LogP contribution in [0.2, 0.25) is 0 Å². The molecule has 1 heterocycles. The Kier molecular flexibility index (Phi) is 7.07.